The summed E-state index contributed by atoms with van der Waals surface area (Å²) in [6, 6.07) is 1.16. The Morgan fingerprint density at radius 1 is 1.40 bits per heavy atom. The first-order valence-corrected chi connectivity index (χ1v) is 8.85. The first kappa shape index (κ1) is 15.1. The van der Waals surface area contributed by atoms with Gasteiger partial charge in [0.1, 0.15) is 4.88 Å². The van der Waals surface area contributed by atoms with Crippen LogP contribution in [-0.2, 0) is 16.4 Å². The van der Waals surface area contributed by atoms with E-state index in [-0.39, 0.29) is 16.3 Å². The first-order valence-electron chi connectivity index (χ1n) is 5.61. The Morgan fingerprint density at radius 2 is 2.15 bits per heavy atom. The van der Waals surface area contributed by atoms with Crippen molar-refractivity contribution in [2.75, 3.05) is 6.54 Å². The molecule has 0 saturated heterocycles. The number of aromatic nitrogens is 1. The van der Waals surface area contributed by atoms with Crippen molar-refractivity contribution in [3.05, 3.63) is 32.4 Å². The Morgan fingerprint density at radius 3 is 2.70 bits per heavy atom. The average molecular weight is 332 g/mol. The molecule has 2 aromatic heterocycles. The molecular formula is C11H12N2O4S3. The highest BCUT2D eigenvalue weighted by molar-refractivity contribution is 7.89. The number of aryl methyl sites for hydroxylation is 1. The normalized spacial score (nSPS) is 11.7. The fraction of sp³-hybridized carbons (Fsp3) is 0.273. The number of hydrogen-bond donors (Lipinski definition) is 2. The Labute approximate surface area is 124 Å². The van der Waals surface area contributed by atoms with Gasteiger partial charge in [-0.1, -0.05) is 0 Å². The smallest absolute Gasteiger partial charge is 0.345 e. The van der Waals surface area contributed by atoms with E-state index < -0.39 is 16.0 Å². The van der Waals surface area contributed by atoms with Crippen LogP contribution in [0.4, 0.5) is 0 Å². The third-order valence-electron chi connectivity index (χ3n) is 2.39. The summed E-state index contributed by atoms with van der Waals surface area (Å²) in [4.78, 5) is 15.0. The summed E-state index contributed by atoms with van der Waals surface area (Å²) in [5, 5.41) is 12.9. The van der Waals surface area contributed by atoms with Crippen LogP contribution in [0.1, 0.15) is 20.4 Å². The summed E-state index contributed by atoms with van der Waals surface area (Å²) in [6.07, 6.45) is 0.508. The predicted molar refractivity (Wildman–Crippen MR) is 77.0 cm³/mol. The quantitative estimate of drug-likeness (QED) is 0.840. The van der Waals surface area contributed by atoms with E-state index in [0.29, 0.717) is 6.42 Å². The molecule has 0 saturated carbocycles. The molecule has 0 spiro atoms. The molecule has 2 N–H and O–H groups in total. The number of thiophene rings is 1. The maximum Gasteiger partial charge on any atom is 0.345 e. The zero-order chi connectivity index (χ0) is 14.8. The van der Waals surface area contributed by atoms with Gasteiger partial charge in [-0.3, -0.25) is 0 Å². The monoisotopic (exact) mass is 332 g/mol. The van der Waals surface area contributed by atoms with E-state index in [4.69, 9.17) is 5.11 Å². The van der Waals surface area contributed by atoms with Gasteiger partial charge in [-0.05, 0) is 13.0 Å². The molecule has 108 valence electrons. The Bertz CT molecular complexity index is 718. The standard InChI is InChI=1S/C11H12N2O4S3/c1-7-5-19-10(13-7)2-3-12-20(16,17)8-4-9(11(14)15)18-6-8/h4-6,12H,2-3H2,1H3,(H,14,15). The van der Waals surface area contributed by atoms with E-state index in [9.17, 15) is 13.2 Å². The van der Waals surface area contributed by atoms with Crippen molar-refractivity contribution < 1.29 is 18.3 Å². The molecule has 6 nitrogen and oxygen atoms in total. The highest BCUT2D eigenvalue weighted by Crippen LogP contribution is 2.19. The molecule has 0 aliphatic heterocycles. The zero-order valence-electron chi connectivity index (χ0n) is 10.5. The van der Waals surface area contributed by atoms with Crippen LogP contribution in [0.15, 0.2) is 21.7 Å². The Hall–Kier alpha value is -1.29. The second-order valence-corrected chi connectivity index (χ2v) is 7.60. The third kappa shape index (κ3) is 3.63. The van der Waals surface area contributed by atoms with Gasteiger partial charge < -0.3 is 5.11 Å². The minimum Gasteiger partial charge on any atom is -0.477 e. The van der Waals surface area contributed by atoms with Crippen LogP contribution in [-0.4, -0.2) is 31.0 Å². The second kappa shape index (κ2) is 6.00. The van der Waals surface area contributed by atoms with Crippen molar-refractivity contribution in [3.8, 4) is 0 Å². The Kier molecular flexibility index (Phi) is 4.53. The highest BCUT2D eigenvalue weighted by atomic mass is 32.2. The van der Waals surface area contributed by atoms with Crippen molar-refractivity contribution in [3.63, 3.8) is 0 Å². The molecule has 0 fully saturated rings. The lowest BCUT2D eigenvalue weighted by Crippen LogP contribution is -2.25. The third-order valence-corrected chi connectivity index (χ3v) is 5.93. The van der Waals surface area contributed by atoms with Crippen molar-refractivity contribution >= 4 is 38.7 Å². The SMILES string of the molecule is Cc1csc(CCNS(=O)(=O)c2csc(C(=O)O)c2)n1. The number of thiazole rings is 1. The molecule has 0 aromatic carbocycles. The van der Waals surface area contributed by atoms with Gasteiger partial charge >= 0.3 is 5.97 Å². The molecule has 2 rings (SSSR count). The van der Waals surface area contributed by atoms with Gasteiger partial charge in [0, 0.05) is 29.4 Å². The predicted octanol–water partition coefficient (Wildman–Crippen LogP) is 1.73. The Balaban J connectivity index is 1.98. The number of rotatable bonds is 6. The van der Waals surface area contributed by atoms with Crippen LogP contribution in [0.3, 0.4) is 0 Å². The number of nitrogens with one attached hydrogen (secondary N) is 1. The zero-order valence-corrected chi connectivity index (χ0v) is 12.9. The van der Waals surface area contributed by atoms with E-state index in [1.54, 1.807) is 0 Å². The molecule has 0 amide bonds. The minimum atomic E-state index is -3.66. The van der Waals surface area contributed by atoms with Gasteiger partial charge in [-0.2, -0.15) is 0 Å². The highest BCUT2D eigenvalue weighted by Gasteiger charge is 2.18. The summed E-state index contributed by atoms with van der Waals surface area (Å²) in [6.45, 7) is 2.11. The number of aromatic carboxylic acids is 1. The van der Waals surface area contributed by atoms with Crippen molar-refractivity contribution in [2.24, 2.45) is 0 Å². The summed E-state index contributed by atoms with van der Waals surface area (Å²) in [7, 11) is -3.66. The van der Waals surface area contributed by atoms with Gasteiger partial charge in [-0.15, -0.1) is 22.7 Å². The van der Waals surface area contributed by atoms with E-state index in [1.807, 2.05) is 12.3 Å². The summed E-state index contributed by atoms with van der Waals surface area (Å²) < 4.78 is 26.3. The van der Waals surface area contributed by atoms with Gasteiger partial charge in [0.15, 0.2) is 0 Å². The summed E-state index contributed by atoms with van der Waals surface area (Å²) in [5.41, 5.74) is 0.914. The number of sulfonamides is 1. The molecule has 0 aliphatic carbocycles. The van der Waals surface area contributed by atoms with E-state index in [0.717, 1.165) is 28.1 Å². The fourth-order valence-corrected chi connectivity index (χ4v) is 4.38. The number of hydrogen-bond acceptors (Lipinski definition) is 6. The van der Waals surface area contributed by atoms with Crippen molar-refractivity contribution in [1.29, 1.82) is 0 Å². The molecule has 0 atom stereocenters. The largest absolute Gasteiger partial charge is 0.477 e. The fourth-order valence-electron chi connectivity index (χ4n) is 1.47. The number of carbonyl (C=O) groups is 1. The lowest BCUT2D eigenvalue weighted by molar-refractivity contribution is 0.0702. The van der Waals surface area contributed by atoms with Gasteiger partial charge in [0.25, 0.3) is 0 Å². The molecule has 0 radical (unpaired) electrons. The maximum absolute atomic E-state index is 11.9. The summed E-state index contributed by atoms with van der Waals surface area (Å²) in [5.74, 6) is -1.13. The first-order chi connectivity index (χ1) is 9.38. The van der Waals surface area contributed by atoms with Crippen molar-refractivity contribution in [2.45, 2.75) is 18.2 Å². The molecule has 0 unspecified atom stereocenters. The van der Waals surface area contributed by atoms with Gasteiger partial charge in [-0.25, -0.2) is 22.9 Å². The summed E-state index contributed by atoms with van der Waals surface area (Å²) >= 11 is 2.37. The number of nitrogens with zero attached hydrogens (tertiary/aromatic N) is 1. The minimum absolute atomic E-state index is 0.000855. The number of carboxylic acid groups (broad SMARTS) is 1. The number of carboxylic acids is 1. The molecular weight excluding hydrogens is 320 g/mol. The molecule has 20 heavy (non-hydrogen) atoms. The molecule has 2 heterocycles. The van der Waals surface area contributed by atoms with Gasteiger partial charge in [0.2, 0.25) is 10.0 Å². The van der Waals surface area contributed by atoms with Crippen LogP contribution in [0.25, 0.3) is 0 Å². The molecule has 0 aliphatic rings. The van der Waals surface area contributed by atoms with Crippen LogP contribution in [0.5, 0.6) is 0 Å². The molecule has 0 bridgehead atoms. The molecule has 2 aromatic rings. The van der Waals surface area contributed by atoms with Crippen LogP contribution in [0.2, 0.25) is 0 Å². The van der Waals surface area contributed by atoms with E-state index in [1.165, 1.54) is 16.7 Å². The average Bonchev–Trinajstić information content (AvgIpc) is 2.98. The van der Waals surface area contributed by atoms with E-state index >= 15 is 0 Å². The van der Waals surface area contributed by atoms with Crippen LogP contribution >= 0.6 is 22.7 Å². The molecule has 9 heteroatoms. The second-order valence-electron chi connectivity index (χ2n) is 3.98. The topological polar surface area (TPSA) is 96.4 Å². The van der Waals surface area contributed by atoms with Crippen LogP contribution < -0.4 is 4.72 Å². The van der Waals surface area contributed by atoms with Crippen molar-refractivity contribution in [1.82, 2.24) is 9.71 Å². The maximum atomic E-state index is 11.9. The lowest BCUT2D eigenvalue weighted by Gasteiger charge is -2.03. The lowest BCUT2D eigenvalue weighted by atomic mass is 10.4. The van der Waals surface area contributed by atoms with Gasteiger partial charge in [0.05, 0.1) is 9.90 Å². The van der Waals surface area contributed by atoms with Crippen LogP contribution in [0, 0.1) is 6.92 Å². The van der Waals surface area contributed by atoms with E-state index in [2.05, 4.69) is 9.71 Å².